The SMILES string of the molecule is COC(=O)C1=N[C@@H]2C(Br)=CN=C2C=C1. The molecule has 2 aliphatic rings. The summed E-state index contributed by atoms with van der Waals surface area (Å²) < 4.78 is 5.44. The Labute approximate surface area is 89.2 Å². The zero-order chi connectivity index (χ0) is 10.1. The minimum absolute atomic E-state index is 0.172. The monoisotopic (exact) mass is 254 g/mol. The number of methoxy groups -OCH3 is 1. The largest absolute Gasteiger partial charge is 0.464 e. The van der Waals surface area contributed by atoms with E-state index in [0.29, 0.717) is 5.71 Å². The van der Waals surface area contributed by atoms with Crippen LogP contribution in [0.25, 0.3) is 0 Å². The topological polar surface area (TPSA) is 51.0 Å². The molecule has 5 heteroatoms. The number of carbonyl (C=O) groups excluding carboxylic acids is 1. The van der Waals surface area contributed by atoms with E-state index in [9.17, 15) is 4.79 Å². The Balaban J connectivity index is 2.29. The standard InChI is InChI=1S/C9H7BrN2O2/c1-14-9(13)7-3-2-6-8(12-7)5(10)4-11-6/h2-4,8H,1H3/t8-/m1/s1. The number of fused-ring (bicyclic) bond motifs is 1. The first kappa shape index (κ1) is 9.33. The Morgan fingerprint density at radius 3 is 3.07 bits per heavy atom. The van der Waals surface area contributed by atoms with Gasteiger partial charge in [0.2, 0.25) is 0 Å². The average Bonchev–Trinajstić information content (AvgIpc) is 2.59. The lowest BCUT2D eigenvalue weighted by Crippen LogP contribution is -2.24. The second kappa shape index (κ2) is 3.49. The van der Waals surface area contributed by atoms with Crippen molar-refractivity contribution in [2.45, 2.75) is 6.04 Å². The molecule has 0 N–H and O–H groups in total. The molecule has 0 radical (unpaired) electrons. The van der Waals surface area contributed by atoms with Gasteiger partial charge in [0, 0.05) is 10.7 Å². The molecule has 0 bridgehead atoms. The summed E-state index contributed by atoms with van der Waals surface area (Å²) in [6.07, 6.45) is 5.07. The lowest BCUT2D eigenvalue weighted by Gasteiger charge is -2.12. The molecule has 2 heterocycles. The molecule has 72 valence electrons. The fourth-order valence-corrected chi connectivity index (χ4v) is 1.69. The second-order valence-electron chi connectivity index (χ2n) is 2.81. The summed E-state index contributed by atoms with van der Waals surface area (Å²) in [5.41, 5.74) is 1.16. The number of ether oxygens (including phenoxy) is 1. The summed E-state index contributed by atoms with van der Waals surface area (Å²) in [5, 5.41) is 0. The first-order valence-corrected chi connectivity index (χ1v) is 4.79. The average molecular weight is 255 g/mol. The van der Waals surface area contributed by atoms with Crippen molar-refractivity contribution < 1.29 is 9.53 Å². The molecule has 0 aliphatic carbocycles. The predicted molar refractivity (Wildman–Crippen MR) is 56.8 cm³/mol. The van der Waals surface area contributed by atoms with E-state index in [1.165, 1.54) is 7.11 Å². The minimum atomic E-state index is -0.424. The quantitative estimate of drug-likeness (QED) is 0.661. The maximum Gasteiger partial charge on any atom is 0.356 e. The number of nitrogens with zero attached hydrogens (tertiary/aromatic N) is 2. The maximum atomic E-state index is 11.2. The lowest BCUT2D eigenvalue weighted by molar-refractivity contribution is -0.132. The van der Waals surface area contributed by atoms with Gasteiger partial charge in [0.1, 0.15) is 11.8 Å². The van der Waals surface area contributed by atoms with Gasteiger partial charge >= 0.3 is 5.97 Å². The number of esters is 1. The van der Waals surface area contributed by atoms with Gasteiger partial charge in [-0.15, -0.1) is 0 Å². The van der Waals surface area contributed by atoms with Crippen molar-refractivity contribution in [1.82, 2.24) is 0 Å². The summed E-state index contributed by atoms with van der Waals surface area (Å²) in [4.78, 5) is 19.5. The van der Waals surface area contributed by atoms with Crippen molar-refractivity contribution >= 4 is 33.3 Å². The van der Waals surface area contributed by atoms with E-state index in [-0.39, 0.29) is 6.04 Å². The lowest BCUT2D eigenvalue weighted by atomic mass is 10.1. The van der Waals surface area contributed by atoms with Crippen LogP contribution in [-0.4, -0.2) is 30.5 Å². The molecule has 2 aliphatic heterocycles. The fourth-order valence-electron chi connectivity index (χ4n) is 1.25. The highest BCUT2D eigenvalue weighted by Gasteiger charge is 2.26. The van der Waals surface area contributed by atoms with Crippen LogP contribution >= 0.6 is 15.9 Å². The fraction of sp³-hybridized carbons (Fsp3) is 0.222. The Hall–Kier alpha value is -1.23. The van der Waals surface area contributed by atoms with Crippen molar-refractivity contribution in [2.75, 3.05) is 7.11 Å². The molecule has 0 fully saturated rings. The van der Waals surface area contributed by atoms with E-state index < -0.39 is 5.97 Å². The van der Waals surface area contributed by atoms with Crippen LogP contribution < -0.4 is 0 Å². The highest BCUT2D eigenvalue weighted by molar-refractivity contribution is 9.11. The Kier molecular flexibility index (Phi) is 2.33. The van der Waals surface area contributed by atoms with Crippen molar-refractivity contribution in [2.24, 2.45) is 9.98 Å². The van der Waals surface area contributed by atoms with E-state index in [4.69, 9.17) is 0 Å². The molecular weight excluding hydrogens is 248 g/mol. The molecule has 0 saturated carbocycles. The second-order valence-corrected chi connectivity index (χ2v) is 3.73. The maximum absolute atomic E-state index is 11.2. The molecule has 0 saturated heterocycles. The van der Waals surface area contributed by atoms with Crippen LogP contribution in [0.5, 0.6) is 0 Å². The summed E-state index contributed by atoms with van der Waals surface area (Å²) in [6, 6.07) is -0.172. The molecule has 0 spiro atoms. The van der Waals surface area contributed by atoms with Crippen molar-refractivity contribution in [1.29, 1.82) is 0 Å². The van der Waals surface area contributed by atoms with Crippen LogP contribution in [0.15, 0.2) is 32.8 Å². The minimum Gasteiger partial charge on any atom is -0.464 e. The van der Waals surface area contributed by atoms with Crippen LogP contribution in [0.4, 0.5) is 0 Å². The van der Waals surface area contributed by atoms with Crippen LogP contribution in [0.2, 0.25) is 0 Å². The molecule has 2 rings (SSSR count). The predicted octanol–water partition coefficient (Wildman–Crippen LogP) is 1.23. The number of carbonyl (C=O) groups is 1. The summed E-state index contributed by atoms with van der Waals surface area (Å²) in [5.74, 6) is -0.424. The van der Waals surface area contributed by atoms with E-state index >= 15 is 0 Å². The molecule has 0 aromatic rings. The molecule has 14 heavy (non-hydrogen) atoms. The van der Waals surface area contributed by atoms with Gasteiger partial charge in [-0.1, -0.05) is 15.9 Å². The van der Waals surface area contributed by atoms with Crippen molar-refractivity contribution in [3.8, 4) is 0 Å². The number of rotatable bonds is 1. The smallest absolute Gasteiger partial charge is 0.356 e. The normalized spacial score (nSPS) is 23.6. The molecule has 4 nitrogen and oxygen atoms in total. The van der Waals surface area contributed by atoms with Gasteiger partial charge in [-0.3, -0.25) is 9.98 Å². The first-order chi connectivity index (χ1) is 6.72. The van der Waals surface area contributed by atoms with Crippen LogP contribution in [0.3, 0.4) is 0 Å². The van der Waals surface area contributed by atoms with E-state index in [2.05, 4.69) is 30.7 Å². The molecule has 0 aromatic heterocycles. The van der Waals surface area contributed by atoms with Crippen LogP contribution in [0, 0.1) is 0 Å². The van der Waals surface area contributed by atoms with Crippen LogP contribution in [-0.2, 0) is 9.53 Å². The van der Waals surface area contributed by atoms with Gasteiger partial charge in [0.15, 0.2) is 0 Å². The van der Waals surface area contributed by atoms with Gasteiger partial charge in [-0.25, -0.2) is 4.79 Å². The summed E-state index contributed by atoms with van der Waals surface area (Å²) in [7, 11) is 1.34. The molecule has 0 amide bonds. The number of halogens is 1. The Morgan fingerprint density at radius 1 is 1.57 bits per heavy atom. The first-order valence-electron chi connectivity index (χ1n) is 4.00. The molecule has 0 unspecified atom stereocenters. The third-order valence-corrected chi connectivity index (χ3v) is 2.59. The number of hydrogen-bond acceptors (Lipinski definition) is 4. The zero-order valence-corrected chi connectivity index (χ0v) is 8.98. The number of aliphatic imine (C=N–C) groups is 2. The molecular formula is C9H7BrN2O2. The summed E-state index contributed by atoms with van der Waals surface area (Å²) in [6.45, 7) is 0. The van der Waals surface area contributed by atoms with E-state index in [1.807, 2.05) is 0 Å². The third kappa shape index (κ3) is 1.43. The summed E-state index contributed by atoms with van der Waals surface area (Å²) >= 11 is 3.33. The van der Waals surface area contributed by atoms with Crippen molar-refractivity contribution in [3.05, 3.63) is 22.8 Å². The Morgan fingerprint density at radius 2 is 2.36 bits per heavy atom. The van der Waals surface area contributed by atoms with Crippen molar-refractivity contribution in [3.63, 3.8) is 0 Å². The van der Waals surface area contributed by atoms with Crippen LogP contribution in [0.1, 0.15) is 0 Å². The van der Waals surface area contributed by atoms with Gasteiger partial charge in [-0.2, -0.15) is 0 Å². The van der Waals surface area contributed by atoms with Gasteiger partial charge in [-0.05, 0) is 12.2 Å². The third-order valence-electron chi connectivity index (χ3n) is 1.95. The zero-order valence-electron chi connectivity index (χ0n) is 7.40. The van der Waals surface area contributed by atoms with Gasteiger partial charge in [0.25, 0.3) is 0 Å². The van der Waals surface area contributed by atoms with Gasteiger partial charge < -0.3 is 4.74 Å². The molecule has 0 aromatic carbocycles. The van der Waals surface area contributed by atoms with Gasteiger partial charge in [0.05, 0.1) is 12.8 Å². The number of dihydropyridines is 1. The molecule has 1 atom stereocenters. The van der Waals surface area contributed by atoms with E-state index in [0.717, 1.165) is 10.2 Å². The highest BCUT2D eigenvalue weighted by Crippen LogP contribution is 2.24. The highest BCUT2D eigenvalue weighted by atomic mass is 79.9. The Bertz CT molecular complexity index is 407. The number of hydrogen-bond donors (Lipinski definition) is 0. The van der Waals surface area contributed by atoms with E-state index in [1.54, 1.807) is 18.4 Å².